The predicted octanol–water partition coefficient (Wildman–Crippen LogP) is 2.82. The number of nitrogens with one attached hydrogen (secondary N) is 1. The van der Waals surface area contributed by atoms with Gasteiger partial charge < -0.3 is 15.0 Å². The molecule has 1 aromatic carbocycles. The van der Waals surface area contributed by atoms with Gasteiger partial charge in [0.25, 0.3) is 5.91 Å². The molecule has 1 heterocycles. The Morgan fingerprint density at radius 3 is 2.27 bits per heavy atom. The lowest BCUT2D eigenvalue weighted by molar-refractivity contribution is 0.0473. The highest BCUT2D eigenvalue weighted by Gasteiger charge is 2.26. The third-order valence-corrected chi connectivity index (χ3v) is 3.52. The van der Waals surface area contributed by atoms with Crippen LogP contribution in [0.15, 0.2) is 30.3 Å². The molecule has 1 fully saturated rings. The van der Waals surface area contributed by atoms with E-state index in [0.717, 1.165) is 12.8 Å². The quantitative estimate of drug-likeness (QED) is 0.914. The van der Waals surface area contributed by atoms with Gasteiger partial charge in [-0.25, -0.2) is 4.79 Å². The Kier molecular flexibility index (Phi) is 5.06. The number of likely N-dealkylation sites (tertiary alicyclic amines) is 1. The summed E-state index contributed by atoms with van der Waals surface area (Å²) >= 11 is 0. The maximum Gasteiger partial charge on any atom is 0.407 e. The lowest BCUT2D eigenvalue weighted by atomic mass is 10.0. The van der Waals surface area contributed by atoms with Gasteiger partial charge in [0, 0.05) is 24.7 Å². The van der Waals surface area contributed by atoms with Crippen molar-refractivity contribution in [3.8, 4) is 0 Å². The van der Waals surface area contributed by atoms with E-state index in [0.29, 0.717) is 18.7 Å². The monoisotopic (exact) mass is 304 g/mol. The Hall–Kier alpha value is -2.04. The SMILES string of the molecule is CC(C)(C)OC(=O)NC1CCN(C(=O)c2ccccc2)CC1. The highest BCUT2D eigenvalue weighted by atomic mass is 16.6. The summed E-state index contributed by atoms with van der Waals surface area (Å²) < 4.78 is 5.25. The molecule has 1 saturated heterocycles. The number of nitrogens with zero attached hydrogens (tertiary/aromatic N) is 1. The van der Waals surface area contributed by atoms with Crippen LogP contribution in [0.1, 0.15) is 44.0 Å². The van der Waals surface area contributed by atoms with Crippen molar-refractivity contribution in [2.75, 3.05) is 13.1 Å². The van der Waals surface area contributed by atoms with Gasteiger partial charge in [-0.15, -0.1) is 0 Å². The van der Waals surface area contributed by atoms with Crippen LogP contribution in [0.3, 0.4) is 0 Å². The van der Waals surface area contributed by atoms with Crippen LogP contribution in [0.5, 0.6) is 0 Å². The van der Waals surface area contributed by atoms with Crippen LogP contribution in [0.4, 0.5) is 4.79 Å². The molecule has 0 aliphatic carbocycles. The molecule has 2 amide bonds. The number of ether oxygens (including phenoxy) is 1. The molecule has 1 aromatic rings. The average Bonchev–Trinajstić information content (AvgIpc) is 2.46. The lowest BCUT2D eigenvalue weighted by Gasteiger charge is -2.33. The number of carbonyl (C=O) groups excluding carboxylic acids is 2. The zero-order valence-electron chi connectivity index (χ0n) is 13.5. The zero-order valence-corrected chi connectivity index (χ0v) is 13.5. The number of alkyl carbamates (subject to hydrolysis) is 1. The first-order valence-corrected chi connectivity index (χ1v) is 7.69. The summed E-state index contributed by atoms with van der Waals surface area (Å²) in [5.41, 5.74) is 0.217. The van der Waals surface area contributed by atoms with Crippen LogP contribution < -0.4 is 5.32 Å². The summed E-state index contributed by atoms with van der Waals surface area (Å²) in [4.78, 5) is 25.9. The molecule has 1 aliphatic rings. The summed E-state index contributed by atoms with van der Waals surface area (Å²) in [6.07, 6.45) is 1.11. The van der Waals surface area contributed by atoms with E-state index < -0.39 is 5.60 Å². The minimum Gasteiger partial charge on any atom is -0.444 e. The van der Waals surface area contributed by atoms with E-state index in [1.807, 2.05) is 56.0 Å². The van der Waals surface area contributed by atoms with E-state index in [2.05, 4.69) is 5.32 Å². The Morgan fingerprint density at radius 1 is 1.14 bits per heavy atom. The van der Waals surface area contributed by atoms with Crippen molar-refractivity contribution in [1.29, 1.82) is 0 Å². The average molecular weight is 304 g/mol. The van der Waals surface area contributed by atoms with Gasteiger partial charge in [0.05, 0.1) is 0 Å². The highest BCUT2D eigenvalue weighted by molar-refractivity contribution is 5.94. The number of hydrogen-bond acceptors (Lipinski definition) is 3. The molecule has 0 aromatic heterocycles. The zero-order chi connectivity index (χ0) is 16.2. The van der Waals surface area contributed by atoms with Gasteiger partial charge in [-0.3, -0.25) is 4.79 Å². The molecule has 0 atom stereocenters. The van der Waals surface area contributed by atoms with E-state index >= 15 is 0 Å². The van der Waals surface area contributed by atoms with Crippen molar-refractivity contribution in [3.05, 3.63) is 35.9 Å². The van der Waals surface area contributed by atoms with Crippen molar-refractivity contribution in [3.63, 3.8) is 0 Å². The number of piperidine rings is 1. The van der Waals surface area contributed by atoms with Crippen LogP contribution in [0.2, 0.25) is 0 Å². The molecule has 0 saturated carbocycles. The molecular weight excluding hydrogens is 280 g/mol. The standard InChI is InChI=1S/C17H24N2O3/c1-17(2,3)22-16(21)18-14-9-11-19(12-10-14)15(20)13-7-5-4-6-8-13/h4-8,14H,9-12H2,1-3H3,(H,18,21). The number of amides is 2. The summed E-state index contributed by atoms with van der Waals surface area (Å²) in [5.74, 6) is 0.0521. The Labute approximate surface area is 131 Å². The van der Waals surface area contributed by atoms with Gasteiger partial charge in [0.15, 0.2) is 0 Å². The second-order valence-electron chi connectivity index (χ2n) is 6.58. The van der Waals surface area contributed by atoms with Gasteiger partial charge in [0.2, 0.25) is 0 Å². The fraction of sp³-hybridized carbons (Fsp3) is 0.529. The normalized spacial score (nSPS) is 16.2. The van der Waals surface area contributed by atoms with Crippen molar-refractivity contribution >= 4 is 12.0 Å². The molecule has 2 rings (SSSR count). The van der Waals surface area contributed by atoms with Crippen molar-refractivity contribution in [2.45, 2.75) is 45.3 Å². The Balaban J connectivity index is 1.81. The molecule has 5 heteroatoms. The number of hydrogen-bond donors (Lipinski definition) is 1. The van der Waals surface area contributed by atoms with Gasteiger partial charge in [-0.2, -0.15) is 0 Å². The first-order chi connectivity index (χ1) is 10.3. The minimum atomic E-state index is -0.492. The van der Waals surface area contributed by atoms with Gasteiger partial charge in [0.1, 0.15) is 5.60 Å². The summed E-state index contributed by atoms with van der Waals surface area (Å²) in [6, 6.07) is 9.34. The van der Waals surface area contributed by atoms with Crippen LogP contribution in [0.25, 0.3) is 0 Å². The van der Waals surface area contributed by atoms with Gasteiger partial charge in [-0.05, 0) is 45.7 Å². The molecule has 0 bridgehead atoms. The Bertz CT molecular complexity index is 514. The predicted molar refractivity (Wildman–Crippen MR) is 84.7 cm³/mol. The number of benzene rings is 1. The maximum atomic E-state index is 12.3. The van der Waals surface area contributed by atoms with E-state index in [1.54, 1.807) is 0 Å². The van der Waals surface area contributed by atoms with E-state index in [9.17, 15) is 9.59 Å². The molecule has 1 aliphatic heterocycles. The molecule has 1 N–H and O–H groups in total. The van der Waals surface area contributed by atoms with Gasteiger partial charge >= 0.3 is 6.09 Å². The maximum absolute atomic E-state index is 12.3. The third-order valence-electron chi connectivity index (χ3n) is 3.52. The number of rotatable bonds is 2. The first-order valence-electron chi connectivity index (χ1n) is 7.69. The number of carbonyl (C=O) groups is 2. The molecular formula is C17H24N2O3. The van der Waals surface area contributed by atoms with E-state index in [-0.39, 0.29) is 18.0 Å². The summed E-state index contributed by atoms with van der Waals surface area (Å²) in [7, 11) is 0. The van der Waals surface area contributed by atoms with E-state index in [1.165, 1.54) is 0 Å². The second kappa shape index (κ2) is 6.81. The van der Waals surface area contributed by atoms with Crippen molar-refractivity contribution in [1.82, 2.24) is 10.2 Å². The fourth-order valence-corrected chi connectivity index (χ4v) is 2.46. The first kappa shape index (κ1) is 16.3. The topological polar surface area (TPSA) is 58.6 Å². The van der Waals surface area contributed by atoms with Crippen molar-refractivity contribution in [2.24, 2.45) is 0 Å². The lowest BCUT2D eigenvalue weighted by Crippen LogP contribution is -2.47. The molecule has 0 spiro atoms. The summed E-state index contributed by atoms with van der Waals surface area (Å²) in [5, 5.41) is 2.88. The van der Waals surface area contributed by atoms with Crippen LogP contribution in [-0.4, -0.2) is 41.6 Å². The molecule has 120 valence electrons. The third kappa shape index (κ3) is 4.76. The van der Waals surface area contributed by atoms with Crippen LogP contribution in [-0.2, 0) is 4.74 Å². The van der Waals surface area contributed by atoms with Crippen molar-refractivity contribution < 1.29 is 14.3 Å². The van der Waals surface area contributed by atoms with Crippen LogP contribution >= 0.6 is 0 Å². The minimum absolute atomic E-state index is 0.0521. The summed E-state index contributed by atoms with van der Waals surface area (Å²) in [6.45, 7) is 6.82. The molecule has 5 nitrogen and oxygen atoms in total. The Morgan fingerprint density at radius 2 is 1.73 bits per heavy atom. The highest BCUT2D eigenvalue weighted by Crippen LogP contribution is 2.15. The van der Waals surface area contributed by atoms with Crippen LogP contribution in [0, 0.1) is 0 Å². The van der Waals surface area contributed by atoms with Gasteiger partial charge in [-0.1, -0.05) is 18.2 Å². The molecule has 0 unspecified atom stereocenters. The van der Waals surface area contributed by atoms with E-state index in [4.69, 9.17) is 4.74 Å². The molecule has 0 radical (unpaired) electrons. The fourth-order valence-electron chi connectivity index (χ4n) is 2.46. The largest absolute Gasteiger partial charge is 0.444 e. The smallest absolute Gasteiger partial charge is 0.407 e. The molecule has 22 heavy (non-hydrogen) atoms. The second-order valence-corrected chi connectivity index (χ2v) is 6.58.